The molecule has 0 spiro atoms. The summed E-state index contributed by atoms with van der Waals surface area (Å²) in [7, 11) is 1.31. The number of hydrogen-bond donors (Lipinski definition) is 2. The Balaban J connectivity index is 2.07. The summed E-state index contributed by atoms with van der Waals surface area (Å²) in [5, 5.41) is 5.48. The van der Waals surface area contributed by atoms with Gasteiger partial charge in [-0.2, -0.15) is 0 Å². The van der Waals surface area contributed by atoms with Crippen molar-refractivity contribution in [2.75, 3.05) is 17.7 Å². The highest BCUT2D eigenvalue weighted by molar-refractivity contribution is 9.10. The monoisotopic (exact) mass is 374 g/mol. The highest BCUT2D eigenvalue weighted by Crippen LogP contribution is 2.18. The van der Waals surface area contributed by atoms with E-state index in [2.05, 4.69) is 31.3 Å². The molecule has 6 heteroatoms. The van der Waals surface area contributed by atoms with E-state index < -0.39 is 5.97 Å². The van der Waals surface area contributed by atoms with Crippen LogP contribution in [0.4, 0.5) is 16.2 Å². The summed E-state index contributed by atoms with van der Waals surface area (Å²) >= 11 is 3.34. The van der Waals surface area contributed by atoms with Gasteiger partial charge in [0, 0.05) is 21.9 Å². The number of ether oxygens (including phenoxy) is 1. The number of esters is 1. The van der Waals surface area contributed by atoms with E-state index in [9.17, 15) is 9.59 Å². The van der Waals surface area contributed by atoms with Gasteiger partial charge in [-0.25, -0.2) is 9.59 Å². The molecule has 0 aliphatic carbocycles. The van der Waals surface area contributed by atoms with Crippen molar-refractivity contribution in [1.29, 1.82) is 0 Å². The van der Waals surface area contributed by atoms with E-state index in [1.807, 2.05) is 18.2 Å². The lowest BCUT2D eigenvalue weighted by molar-refractivity contribution is -0.134. The molecule has 0 aromatic heterocycles. The van der Waals surface area contributed by atoms with Gasteiger partial charge in [0.05, 0.1) is 7.11 Å². The number of hydrogen-bond acceptors (Lipinski definition) is 3. The van der Waals surface area contributed by atoms with Gasteiger partial charge in [0.25, 0.3) is 0 Å². The second kappa shape index (κ2) is 8.14. The zero-order valence-corrected chi connectivity index (χ0v) is 14.0. The average molecular weight is 375 g/mol. The van der Waals surface area contributed by atoms with Crippen LogP contribution in [0.5, 0.6) is 0 Å². The molecule has 2 rings (SSSR count). The minimum absolute atomic E-state index is 0.369. The van der Waals surface area contributed by atoms with Gasteiger partial charge in [-0.05, 0) is 42.0 Å². The molecule has 0 bridgehead atoms. The minimum Gasteiger partial charge on any atom is -0.466 e. The molecule has 2 N–H and O–H groups in total. The van der Waals surface area contributed by atoms with Crippen molar-refractivity contribution in [3.63, 3.8) is 0 Å². The highest BCUT2D eigenvalue weighted by Gasteiger charge is 2.05. The van der Waals surface area contributed by atoms with Gasteiger partial charge in [-0.15, -0.1) is 0 Å². The zero-order chi connectivity index (χ0) is 16.7. The van der Waals surface area contributed by atoms with Crippen LogP contribution in [-0.2, 0) is 9.53 Å². The van der Waals surface area contributed by atoms with Crippen LogP contribution >= 0.6 is 15.9 Å². The number of halogens is 1. The predicted octanol–water partition coefficient (Wildman–Crippen LogP) is 4.28. The number of rotatable bonds is 4. The molecule has 5 nitrogen and oxygen atoms in total. The van der Waals surface area contributed by atoms with Crippen LogP contribution in [0, 0.1) is 0 Å². The lowest BCUT2D eigenvalue weighted by Gasteiger charge is -2.10. The lowest BCUT2D eigenvalue weighted by atomic mass is 10.1. The third kappa shape index (κ3) is 5.27. The average Bonchev–Trinajstić information content (AvgIpc) is 2.55. The second-order valence-corrected chi connectivity index (χ2v) is 5.45. The number of urea groups is 1. The van der Waals surface area contributed by atoms with Gasteiger partial charge in [-0.1, -0.05) is 34.1 Å². The number of methoxy groups -OCH3 is 1. The zero-order valence-electron chi connectivity index (χ0n) is 12.4. The van der Waals surface area contributed by atoms with E-state index in [0.717, 1.165) is 4.47 Å². The molecule has 0 radical (unpaired) electrons. The van der Waals surface area contributed by atoms with Crippen molar-refractivity contribution in [2.24, 2.45) is 0 Å². The molecule has 0 aliphatic heterocycles. The lowest BCUT2D eigenvalue weighted by Crippen LogP contribution is -2.19. The van der Waals surface area contributed by atoms with Crippen LogP contribution in [0.25, 0.3) is 6.08 Å². The van der Waals surface area contributed by atoms with Gasteiger partial charge in [0.2, 0.25) is 0 Å². The summed E-state index contributed by atoms with van der Waals surface area (Å²) in [6.07, 6.45) is 2.88. The molecule has 0 atom stereocenters. The Morgan fingerprint density at radius 3 is 2.43 bits per heavy atom. The number of anilines is 2. The molecule has 0 unspecified atom stereocenters. The molecule has 2 amide bonds. The van der Waals surface area contributed by atoms with Gasteiger partial charge in [0.1, 0.15) is 0 Å². The smallest absolute Gasteiger partial charge is 0.330 e. The molecule has 2 aromatic rings. The topological polar surface area (TPSA) is 67.4 Å². The Morgan fingerprint density at radius 2 is 1.74 bits per heavy atom. The molecule has 0 saturated heterocycles. The number of carbonyl (C=O) groups excluding carboxylic acids is 2. The fourth-order valence-corrected chi connectivity index (χ4v) is 2.06. The summed E-state index contributed by atoms with van der Waals surface area (Å²) in [4.78, 5) is 23.2. The van der Waals surface area contributed by atoms with E-state index in [0.29, 0.717) is 16.9 Å². The first-order valence-corrected chi connectivity index (χ1v) is 7.56. The fourth-order valence-electron chi connectivity index (χ4n) is 1.80. The normalized spacial score (nSPS) is 10.3. The van der Waals surface area contributed by atoms with E-state index >= 15 is 0 Å². The van der Waals surface area contributed by atoms with Crippen LogP contribution < -0.4 is 10.6 Å². The first-order chi connectivity index (χ1) is 11.1. The van der Waals surface area contributed by atoms with Crippen LogP contribution in [0.15, 0.2) is 59.1 Å². The van der Waals surface area contributed by atoms with Gasteiger partial charge >= 0.3 is 12.0 Å². The number of carbonyl (C=O) groups is 2. The Hall–Kier alpha value is -2.60. The Bertz CT molecular complexity index is 727. The highest BCUT2D eigenvalue weighted by atomic mass is 79.9. The third-order valence-electron chi connectivity index (χ3n) is 2.91. The molecular weight excluding hydrogens is 360 g/mol. The third-order valence-corrected chi connectivity index (χ3v) is 3.44. The molecule has 2 aromatic carbocycles. The maximum atomic E-state index is 12.1. The standard InChI is InChI=1S/C17H15BrN2O3/c1-23-16(21)11-6-12-4-2-3-5-15(12)20-17(22)19-14-9-7-13(18)8-10-14/h2-11H,1H3,(H2,19,20,22)/b11-6+. The first kappa shape index (κ1) is 16.8. The Morgan fingerprint density at radius 1 is 1.04 bits per heavy atom. The molecule has 0 saturated carbocycles. The summed E-state index contributed by atoms with van der Waals surface area (Å²) in [6, 6.07) is 14.0. The first-order valence-electron chi connectivity index (χ1n) is 6.77. The summed E-state index contributed by atoms with van der Waals surface area (Å²) in [5.74, 6) is -0.459. The second-order valence-electron chi connectivity index (χ2n) is 4.53. The maximum Gasteiger partial charge on any atom is 0.330 e. The minimum atomic E-state index is -0.459. The summed E-state index contributed by atoms with van der Waals surface area (Å²) in [5.41, 5.74) is 1.96. The van der Waals surface area contributed by atoms with E-state index in [-0.39, 0.29) is 6.03 Å². The van der Waals surface area contributed by atoms with Gasteiger partial charge in [-0.3, -0.25) is 0 Å². The van der Waals surface area contributed by atoms with E-state index in [1.165, 1.54) is 13.2 Å². The maximum absolute atomic E-state index is 12.1. The SMILES string of the molecule is COC(=O)/C=C/c1ccccc1NC(=O)Nc1ccc(Br)cc1. The van der Waals surface area contributed by atoms with E-state index in [4.69, 9.17) is 0 Å². The van der Waals surface area contributed by atoms with Crippen LogP contribution in [0.3, 0.4) is 0 Å². The van der Waals surface area contributed by atoms with Crippen LogP contribution in [0.2, 0.25) is 0 Å². The molecule has 0 heterocycles. The molecule has 0 aliphatic rings. The number of amides is 2. The molecule has 23 heavy (non-hydrogen) atoms. The Kier molecular flexibility index (Phi) is 5.94. The fraction of sp³-hybridized carbons (Fsp3) is 0.0588. The summed E-state index contributed by atoms with van der Waals surface area (Å²) < 4.78 is 5.48. The van der Waals surface area contributed by atoms with Crippen molar-refractivity contribution in [3.05, 3.63) is 64.6 Å². The number of nitrogens with one attached hydrogen (secondary N) is 2. The Labute approximate surface area is 142 Å². The predicted molar refractivity (Wildman–Crippen MR) is 94.3 cm³/mol. The van der Waals surface area contributed by atoms with Crippen LogP contribution in [-0.4, -0.2) is 19.1 Å². The molecule has 118 valence electrons. The largest absolute Gasteiger partial charge is 0.466 e. The quantitative estimate of drug-likeness (QED) is 0.619. The van der Waals surface area contributed by atoms with Gasteiger partial charge < -0.3 is 15.4 Å². The summed E-state index contributed by atoms with van der Waals surface area (Å²) in [6.45, 7) is 0. The van der Waals surface area contributed by atoms with Gasteiger partial charge in [0.15, 0.2) is 0 Å². The van der Waals surface area contributed by atoms with Crippen LogP contribution in [0.1, 0.15) is 5.56 Å². The van der Waals surface area contributed by atoms with Crippen molar-refractivity contribution in [2.45, 2.75) is 0 Å². The van der Waals surface area contributed by atoms with Crippen molar-refractivity contribution >= 4 is 45.4 Å². The number of benzene rings is 2. The molecule has 0 fully saturated rings. The molecular formula is C17H15BrN2O3. The van der Waals surface area contributed by atoms with E-state index in [1.54, 1.807) is 36.4 Å². The number of para-hydroxylation sites is 1. The van der Waals surface area contributed by atoms with Crippen molar-refractivity contribution in [3.8, 4) is 0 Å². The van der Waals surface area contributed by atoms with Crippen molar-refractivity contribution < 1.29 is 14.3 Å². The van der Waals surface area contributed by atoms with Crippen molar-refractivity contribution in [1.82, 2.24) is 0 Å².